The van der Waals surface area contributed by atoms with Crippen LogP contribution in [0.1, 0.15) is 42.1 Å². The van der Waals surface area contributed by atoms with Crippen LogP contribution in [0, 0.1) is 0 Å². The minimum absolute atomic E-state index is 0.0120. The summed E-state index contributed by atoms with van der Waals surface area (Å²) >= 11 is 4.80. The van der Waals surface area contributed by atoms with E-state index in [1.165, 1.54) is 29.2 Å². The van der Waals surface area contributed by atoms with Gasteiger partial charge >= 0.3 is 11.7 Å². The molecule has 7 nitrogen and oxygen atoms in total. The van der Waals surface area contributed by atoms with Gasteiger partial charge in [-0.2, -0.15) is 18.3 Å². The maximum absolute atomic E-state index is 13.4. The molecule has 214 valence electrons. The van der Waals surface area contributed by atoms with Gasteiger partial charge in [0.1, 0.15) is 5.75 Å². The highest BCUT2D eigenvalue weighted by molar-refractivity contribution is 6.20. The molecule has 2 atom stereocenters. The van der Waals surface area contributed by atoms with Crippen LogP contribution in [0.25, 0.3) is 11.3 Å². The van der Waals surface area contributed by atoms with Crippen LogP contribution in [0.5, 0.6) is 5.75 Å². The fourth-order valence-corrected chi connectivity index (χ4v) is 5.85. The van der Waals surface area contributed by atoms with E-state index in [2.05, 4.69) is 25.2 Å². The van der Waals surface area contributed by atoms with Crippen LogP contribution >= 0.6 is 11.6 Å². The normalized spacial score (nSPS) is 19.5. The van der Waals surface area contributed by atoms with Gasteiger partial charge < -0.3 is 15.0 Å². The maximum Gasteiger partial charge on any atom is 0.487 e. The molecule has 3 heterocycles. The third-order valence-corrected chi connectivity index (χ3v) is 7.26. The van der Waals surface area contributed by atoms with Crippen LogP contribution in [0.3, 0.4) is 0 Å². The van der Waals surface area contributed by atoms with E-state index in [4.69, 9.17) is 11.6 Å². The minimum Gasteiger partial charge on any atom is -0.420 e. The number of nitrogens with one attached hydrogen (secondary N) is 2. The van der Waals surface area contributed by atoms with E-state index >= 15 is 0 Å². The number of halogens is 6. The number of hydrogen-bond donors (Lipinski definition) is 2. The number of ether oxygens (including phenoxy) is 1. The van der Waals surface area contributed by atoms with Crippen LogP contribution < -0.4 is 15.0 Å². The molecule has 0 aliphatic carbocycles. The first-order chi connectivity index (χ1) is 18.8. The van der Waals surface area contributed by atoms with Crippen LogP contribution in [-0.2, 0) is 0 Å². The van der Waals surface area contributed by atoms with Crippen molar-refractivity contribution in [2.45, 2.75) is 50.0 Å². The lowest BCUT2D eigenvalue weighted by Gasteiger charge is -2.41. The zero-order valence-electron chi connectivity index (χ0n) is 21.6. The zero-order chi connectivity index (χ0) is 28.8. The molecule has 2 aromatic carbocycles. The lowest BCUT2D eigenvalue weighted by atomic mass is 9.86. The number of nitrogens with zero attached hydrogens (tertiary/aromatic N) is 3. The fourth-order valence-electron chi connectivity index (χ4n) is 5.76. The van der Waals surface area contributed by atoms with Crippen molar-refractivity contribution in [2.24, 2.45) is 0 Å². The van der Waals surface area contributed by atoms with Gasteiger partial charge in [-0.25, -0.2) is 0 Å². The Morgan fingerprint density at radius 1 is 1.18 bits per heavy atom. The van der Waals surface area contributed by atoms with Gasteiger partial charge in [-0.1, -0.05) is 0 Å². The van der Waals surface area contributed by atoms with Crippen LogP contribution in [-0.4, -0.2) is 64.5 Å². The van der Waals surface area contributed by atoms with Crippen molar-refractivity contribution in [1.82, 2.24) is 15.1 Å². The van der Waals surface area contributed by atoms with Crippen LogP contribution in [0.4, 0.5) is 33.3 Å². The number of piperidine rings is 1. The average molecular weight is 584 g/mol. The molecule has 1 aromatic heterocycles. The van der Waals surface area contributed by atoms with Crippen LogP contribution in [0.15, 0.2) is 48.7 Å². The fraction of sp³-hybridized carbons (Fsp3) is 0.407. The molecule has 40 heavy (non-hydrogen) atoms. The lowest BCUT2D eigenvalue weighted by Crippen LogP contribution is -2.52. The van der Waals surface area contributed by atoms with Gasteiger partial charge in [-0.05, 0) is 74.8 Å². The van der Waals surface area contributed by atoms with Gasteiger partial charge in [-0.15, -0.1) is 8.78 Å². The predicted octanol–water partition coefficient (Wildman–Crippen LogP) is 6.45. The maximum atomic E-state index is 13.4. The molecule has 1 saturated heterocycles. The molecule has 13 heteroatoms. The number of hydrogen-bond acceptors (Lipinski definition) is 5. The van der Waals surface area contributed by atoms with E-state index in [1.807, 2.05) is 13.8 Å². The highest BCUT2D eigenvalue weighted by Crippen LogP contribution is 2.51. The van der Waals surface area contributed by atoms with Gasteiger partial charge in [0, 0.05) is 59.2 Å². The van der Waals surface area contributed by atoms with E-state index in [0.29, 0.717) is 23.4 Å². The van der Waals surface area contributed by atoms with Gasteiger partial charge in [0.2, 0.25) is 0 Å². The van der Waals surface area contributed by atoms with Crippen molar-refractivity contribution in [2.75, 3.05) is 29.9 Å². The number of benzene rings is 2. The summed E-state index contributed by atoms with van der Waals surface area (Å²) in [5.74, 6) is -0.673. The summed E-state index contributed by atoms with van der Waals surface area (Å²) in [7, 11) is 0. The molecule has 2 aliphatic heterocycles. The van der Waals surface area contributed by atoms with Crippen molar-refractivity contribution in [3.63, 3.8) is 0 Å². The van der Waals surface area contributed by atoms with Crippen molar-refractivity contribution in [3.05, 3.63) is 59.8 Å². The second kappa shape index (κ2) is 10.5. The average Bonchev–Trinajstić information content (AvgIpc) is 3.49. The van der Waals surface area contributed by atoms with E-state index in [9.17, 15) is 26.7 Å². The van der Waals surface area contributed by atoms with E-state index in [0.717, 1.165) is 16.8 Å². The monoisotopic (exact) mass is 583 g/mol. The number of carbonyl (C=O) groups excluding carboxylic acids is 1. The molecule has 0 saturated carbocycles. The quantitative estimate of drug-likeness (QED) is 0.247. The number of H-pyrrole nitrogens is 1. The topological polar surface area (TPSA) is 73.5 Å². The van der Waals surface area contributed by atoms with Gasteiger partial charge in [0.05, 0.1) is 17.9 Å². The molecule has 3 aromatic rings. The molecule has 0 bridgehead atoms. The first-order valence-electron chi connectivity index (χ1n) is 12.7. The highest BCUT2D eigenvalue weighted by atomic mass is 35.5. The number of aromatic amines is 1. The molecule has 5 rings (SSSR count). The largest absolute Gasteiger partial charge is 0.487 e. The summed E-state index contributed by atoms with van der Waals surface area (Å²) in [6.07, 6.45) is -2.19. The number of alkyl halides is 6. The number of carbonyl (C=O) groups is 1. The summed E-state index contributed by atoms with van der Waals surface area (Å²) in [4.78, 5) is 17.0. The molecule has 2 N–H and O–H groups in total. The summed E-state index contributed by atoms with van der Waals surface area (Å²) in [6, 6.07) is 10.4. The standard InChI is InChI=1S/C27H27ClF5N5O2/c1-15(2)38-23-13-37(14-26(29,30)31)10-8-19(23)20-11-16(12-21(24(20)38)22-7-9-34-36-22)25(39)35-17-3-5-18(6-4-17)40-27(28,32)33/h3-7,9,11-12,15,19,23H,8,10,13-14H2,1-2H3,(H,34,36)(H,35,39). The van der Waals surface area contributed by atoms with Crippen molar-refractivity contribution in [1.29, 1.82) is 0 Å². The summed E-state index contributed by atoms with van der Waals surface area (Å²) < 4.78 is 69.7. The smallest absolute Gasteiger partial charge is 0.420 e. The third-order valence-electron chi connectivity index (χ3n) is 7.18. The Labute approximate surface area is 232 Å². The Morgan fingerprint density at radius 3 is 2.50 bits per heavy atom. The number of fused-ring (bicyclic) bond motifs is 3. The summed E-state index contributed by atoms with van der Waals surface area (Å²) in [5.41, 5.74) is 0.00512. The molecule has 2 unspecified atom stereocenters. The van der Waals surface area contributed by atoms with Gasteiger partial charge in [0.25, 0.3) is 5.91 Å². The van der Waals surface area contributed by atoms with Crippen LogP contribution in [0.2, 0.25) is 0 Å². The second-order valence-electron chi connectivity index (χ2n) is 10.3. The minimum atomic E-state index is -4.29. The molecular formula is C27H27ClF5N5O2. The molecule has 0 spiro atoms. The van der Waals surface area contributed by atoms with Crippen molar-refractivity contribution in [3.8, 4) is 17.0 Å². The number of anilines is 2. The van der Waals surface area contributed by atoms with Crippen molar-refractivity contribution >= 4 is 28.9 Å². The lowest BCUT2D eigenvalue weighted by molar-refractivity contribution is -0.148. The Balaban J connectivity index is 1.48. The number of likely N-dealkylation sites (tertiary alicyclic amines) is 1. The predicted molar refractivity (Wildman–Crippen MR) is 141 cm³/mol. The van der Waals surface area contributed by atoms with Crippen molar-refractivity contribution < 1.29 is 31.5 Å². The van der Waals surface area contributed by atoms with E-state index < -0.39 is 24.2 Å². The Morgan fingerprint density at radius 2 is 1.90 bits per heavy atom. The summed E-state index contributed by atoms with van der Waals surface area (Å²) in [5, 5.41) is 9.77. The zero-order valence-corrected chi connectivity index (χ0v) is 22.4. The molecular weight excluding hydrogens is 557 g/mol. The van der Waals surface area contributed by atoms with Gasteiger partial charge in [-0.3, -0.25) is 14.8 Å². The molecule has 0 radical (unpaired) electrons. The summed E-state index contributed by atoms with van der Waals surface area (Å²) in [6.45, 7) is 3.57. The van der Waals surface area contributed by atoms with E-state index in [1.54, 1.807) is 24.4 Å². The van der Waals surface area contributed by atoms with E-state index in [-0.39, 0.29) is 36.8 Å². The van der Waals surface area contributed by atoms with Gasteiger partial charge in [0.15, 0.2) is 0 Å². The first kappa shape index (κ1) is 28.2. The molecule has 1 fully saturated rings. The SMILES string of the molecule is CC(C)N1c2c(-c3ccn[nH]3)cc(C(=O)Nc3ccc(OC(F)(F)Cl)cc3)cc2C2CCN(CC(F)(F)F)CC21. The number of amides is 1. The first-order valence-corrected chi connectivity index (χ1v) is 13.1. The Kier molecular flexibility index (Phi) is 7.43. The Bertz CT molecular complexity index is 1360. The Hall–Kier alpha value is -3.38. The second-order valence-corrected chi connectivity index (χ2v) is 10.7. The highest BCUT2D eigenvalue weighted by Gasteiger charge is 2.46. The number of rotatable bonds is 7. The third kappa shape index (κ3) is 6.02. The number of aromatic nitrogens is 2. The molecule has 1 amide bonds. The molecule has 2 aliphatic rings.